The maximum Gasteiger partial charge on any atom is 0.213 e. The van der Waals surface area contributed by atoms with Gasteiger partial charge in [-0.3, -0.25) is 5.41 Å². The second kappa shape index (κ2) is 3.80. The molecule has 0 radical (unpaired) electrons. The van der Waals surface area contributed by atoms with Gasteiger partial charge in [-0.25, -0.2) is 0 Å². The van der Waals surface area contributed by atoms with Gasteiger partial charge in [-0.1, -0.05) is 0 Å². The van der Waals surface area contributed by atoms with E-state index in [1.807, 2.05) is 0 Å². The normalized spacial score (nSPS) is 9.38. The number of methoxy groups -OCH3 is 2. The molecule has 0 aliphatic carbocycles. The molecule has 0 heterocycles. The average Bonchev–Trinajstić information content (AvgIpc) is 2.17. The van der Waals surface area contributed by atoms with Gasteiger partial charge in [0.05, 0.1) is 14.2 Å². The van der Waals surface area contributed by atoms with Gasteiger partial charge in [0.1, 0.15) is 0 Å². The van der Waals surface area contributed by atoms with E-state index in [2.05, 4.69) is 0 Å². The first-order valence-corrected chi connectivity index (χ1v) is 3.69. The highest BCUT2D eigenvalue weighted by atomic mass is 16.5. The minimum Gasteiger partial charge on any atom is -0.504 e. The molecule has 13 heavy (non-hydrogen) atoms. The average molecular weight is 181 g/mol. The van der Waals surface area contributed by atoms with Crippen LogP contribution in [0.2, 0.25) is 0 Å². The fraction of sp³-hybridized carbons (Fsp3) is 0.222. The molecule has 0 bridgehead atoms. The van der Waals surface area contributed by atoms with E-state index in [1.54, 1.807) is 12.1 Å². The van der Waals surface area contributed by atoms with E-state index in [9.17, 15) is 5.11 Å². The smallest absolute Gasteiger partial charge is 0.213 e. The maximum atomic E-state index is 9.25. The van der Waals surface area contributed by atoms with Gasteiger partial charge in [-0.15, -0.1) is 0 Å². The lowest BCUT2D eigenvalue weighted by atomic mass is 10.2. The van der Waals surface area contributed by atoms with Crippen molar-refractivity contribution in [2.75, 3.05) is 14.2 Å². The van der Waals surface area contributed by atoms with Crippen LogP contribution >= 0.6 is 0 Å². The summed E-state index contributed by atoms with van der Waals surface area (Å²) in [5, 5.41) is 16.6. The van der Waals surface area contributed by atoms with E-state index >= 15 is 0 Å². The number of phenolic OH excluding ortho intramolecular Hbond substituents is 1. The van der Waals surface area contributed by atoms with E-state index in [4.69, 9.17) is 14.9 Å². The molecule has 0 amide bonds. The summed E-state index contributed by atoms with van der Waals surface area (Å²) >= 11 is 0. The third-order valence-electron chi connectivity index (χ3n) is 1.65. The lowest BCUT2D eigenvalue weighted by Gasteiger charge is -2.06. The molecule has 1 rings (SSSR count). The zero-order valence-electron chi connectivity index (χ0n) is 7.50. The Hall–Kier alpha value is -1.71. The van der Waals surface area contributed by atoms with Crippen molar-refractivity contribution in [2.24, 2.45) is 0 Å². The van der Waals surface area contributed by atoms with E-state index in [0.717, 1.165) is 0 Å². The molecule has 0 fully saturated rings. The Bertz CT molecular complexity index is 323. The zero-order valence-corrected chi connectivity index (χ0v) is 7.50. The van der Waals surface area contributed by atoms with Crippen LogP contribution in [0.4, 0.5) is 0 Å². The predicted octanol–water partition coefficient (Wildman–Crippen LogP) is 1.37. The molecule has 0 aromatic heterocycles. The van der Waals surface area contributed by atoms with Gasteiger partial charge >= 0.3 is 0 Å². The first kappa shape index (κ1) is 9.38. The van der Waals surface area contributed by atoms with E-state index < -0.39 is 0 Å². The Morgan fingerprint density at radius 1 is 1.38 bits per heavy atom. The summed E-state index contributed by atoms with van der Waals surface area (Å²) in [6.45, 7) is 0. The molecule has 1 aromatic carbocycles. The molecule has 0 atom stereocenters. The molecule has 4 heteroatoms. The van der Waals surface area contributed by atoms with Gasteiger partial charge in [0.2, 0.25) is 5.90 Å². The van der Waals surface area contributed by atoms with Gasteiger partial charge < -0.3 is 14.6 Å². The fourth-order valence-electron chi connectivity index (χ4n) is 0.937. The maximum absolute atomic E-state index is 9.25. The highest BCUT2D eigenvalue weighted by Gasteiger charge is 2.06. The zero-order chi connectivity index (χ0) is 9.84. The molecule has 4 nitrogen and oxygen atoms in total. The summed E-state index contributed by atoms with van der Waals surface area (Å²) < 4.78 is 9.60. The molecule has 1 aromatic rings. The van der Waals surface area contributed by atoms with Crippen LogP contribution in [-0.2, 0) is 4.74 Å². The summed E-state index contributed by atoms with van der Waals surface area (Å²) in [4.78, 5) is 0. The number of rotatable bonds is 2. The summed E-state index contributed by atoms with van der Waals surface area (Å²) in [6, 6.07) is 4.59. The van der Waals surface area contributed by atoms with Crippen LogP contribution in [0, 0.1) is 5.41 Å². The van der Waals surface area contributed by atoms with Crippen LogP contribution in [-0.4, -0.2) is 25.2 Å². The standard InChI is InChI=1S/C9H11NO3/c1-12-8-5-6(9(10)13-2)3-4-7(8)11/h3-5,10-11H,1-2H3. The van der Waals surface area contributed by atoms with Crippen molar-refractivity contribution < 1.29 is 14.6 Å². The number of phenols is 1. The van der Waals surface area contributed by atoms with Crippen molar-refractivity contribution >= 4 is 5.90 Å². The third kappa shape index (κ3) is 1.90. The Kier molecular flexibility index (Phi) is 2.74. The molecule has 70 valence electrons. The Morgan fingerprint density at radius 2 is 2.08 bits per heavy atom. The molecule has 0 saturated heterocycles. The van der Waals surface area contributed by atoms with Crippen LogP contribution in [0.5, 0.6) is 11.5 Å². The van der Waals surface area contributed by atoms with Gasteiger partial charge in [0.15, 0.2) is 11.5 Å². The van der Waals surface area contributed by atoms with Crippen molar-refractivity contribution in [1.82, 2.24) is 0 Å². The van der Waals surface area contributed by atoms with E-state index in [-0.39, 0.29) is 11.6 Å². The molecular formula is C9H11NO3. The summed E-state index contributed by atoms with van der Waals surface area (Å²) in [7, 11) is 2.87. The molecular weight excluding hydrogens is 170 g/mol. The molecule has 0 spiro atoms. The van der Waals surface area contributed by atoms with Crippen molar-refractivity contribution in [2.45, 2.75) is 0 Å². The number of ether oxygens (including phenoxy) is 2. The minimum atomic E-state index is 0.0401. The second-order valence-corrected chi connectivity index (χ2v) is 2.42. The van der Waals surface area contributed by atoms with Crippen LogP contribution in [0.15, 0.2) is 18.2 Å². The predicted molar refractivity (Wildman–Crippen MR) is 48.5 cm³/mol. The highest BCUT2D eigenvalue weighted by molar-refractivity contribution is 5.92. The van der Waals surface area contributed by atoms with Gasteiger partial charge in [0.25, 0.3) is 0 Å². The Morgan fingerprint density at radius 3 is 2.62 bits per heavy atom. The number of hydrogen-bond donors (Lipinski definition) is 2. The van der Waals surface area contributed by atoms with Crippen molar-refractivity contribution in [3.63, 3.8) is 0 Å². The fourth-order valence-corrected chi connectivity index (χ4v) is 0.937. The summed E-state index contributed by atoms with van der Waals surface area (Å²) in [5.41, 5.74) is 0.567. The molecule has 0 aliphatic heterocycles. The largest absolute Gasteiger partial charge is 0.504 e. The van der Waals surface area contributed by atoms with Crippen LogP contribution in [0.1, 0.15) is 5.56 Å². The van der Waals surface area contributed by atoms with Crippen LogP contribution < -0.4 is 4.74 Å². The van der Waals surface area contributed by atoms with Crippen molar-refractivity contribution in [1.29, 1.82) is 5.41 Å². The Balaban J connectivity index is 3.06. The van der Waals surface area contributed by atoms with Gasteiger partial charge in [-0.05, 0) is 18.2 Å². The molecule has 0 saturated carbocycles. The minimum absolute atomic E-state index is 0.0401. The monoisotopic (exact) mass is 181 g/mol. The molecule has 0 aliphatic rings. The number of nitrogens with one attached hydrogen (secondary N) is 1. The second-order valence-electron chi connectivity index (χ2n) is 2.42. The first-order valence-electron chi connectivity index (χ1n) is 3.69. The number of benzene rings is 1. The topological polar surface area (TPSA) is 62.5 Å². The lowest BCUT2D eigenvalue weighted by molar-refractivity contribution is 0.372. The number of aromatic hydroxyl groups is 1. The molecule has 0 unspecified atom stereocenters. The third-order valence-corrected chi connectivity index (χ3v) is 1.65. The SMILES string of the molecule is COC(=N)c1ccc(O)c(OC)c1. The first-order chi connectivity index (χ1) is 6.19. The van der Waals surface area contributed by atoms with Gasteiger partial charge in [0, 0.05) is 5.56 Å². The summed E-state index contributed by atoms with van der Waals surface area (Å²) in [5.74, 6) is 0.424. The quantitative estimate of drug-likeness (QED) is 0.535. The molecule has 2 N–H and O–H groups in total. The lowest BCUT2D eigenvalue weighted by Crippen LogP contribution is -2.01. The van der Waals surface area contributed by atoms with E-state index in [1.165, 1.54) is 20.3 Å². The van der Waals surface area contributed by atoms with Gasteiger partial charge in [-0.2, -0.15) is 0 Å². The Labute approximate surface area is 76.2 Å². The van der Waals surface area contributed by atoms with Crippen molar-refractivity contribution in [3.8, 4) is 11.5 Å². The van der Waals surface area contributed by atoms with Crippen LogP contribution in [0.25, 0.3) is 0 Å². The van der Waals surface area contributed by atoms with E-state index in [0.29, 0.717) is 11.3 Å². The summed E-state index contributed by atoms with van der Waals surface area (Å²) in [6.07, 6.45) is 0. The van der Waals surface area contributed by atoms with Crippen molar-refractivity contribution in [3.05, 3.63) is 23.8 Å². The number of hydrogen-bond acceptors (Lipinski definition) is 4. The van der Waals surface area contributed by atoms with Crippen LogP contribution in [0.3, 0.4) is 0 Å². The highest BCUT2D eigenvalue weighted by Crippen LogP contribution is 2.26.